The van der Waals surface area contributed by atoms with Crippen molar-refractivity contribution in [3.63, 3.8) is 0 Å². The number of hydrogen-bond donors (Lipinski definition) is 2. The predicted molar refractivity (Wildman–Crippen MR) is 118 cm³/mol. The fraction of sp³-hybridized carbons (Fsp3) is 0.269. The Balaban J connectivity index is 1.55. The van der Waals surface area contributed by atoms with E-state index in [0.29, 0.717) is 22.6 Å². The molecule has 0 aromatic heterocycles. The first-order chi connectivity index (χ1) is 15.4. The van der Waals surface area contributed by atoms with Gasteiger partial charge in [-0.3, -0.25) is 4.79 Å². The molecule has 32 heavy (non-hydrogen) atoms. The molecule has 0 unspecified atom stereocenters. The first-order valence-corrected chi connectivity index (χ1v) is 10.5. The quantitative estimate of drug-likeness (QED) is 0.547. The maximum absolute atomic E-state index is 14.3. The number of benzene rings is 3. The maximum Gasteiger partial charge on any atom is 0.309 e. The van der Waals surface area contributed by atoms with Gasteiger partial charge in [0.05, 0.1) is 19.1 Å². The summed E-state index contributed by atoms with van der Waals surface area (Å²) in [6, 6.07) is 17.6. The second kappa shape index (κ2) is 9.01. The number of rotatable bonds is 6. The van der Waals surface area contributed by atoms with E-state index in [4.69, 9.17) is 9.47 Å². The standard InChI is InChI=1S/C26H25FO5/c1-15(26(29)30)25(28)19-8-7-18-9-12-23(32-24(18)13-19)17-5-3-16(4-6-17)21-14-20(31-2)10-11-22(21)27/h3-8,10-11,13-15,23,25,28H,9,12H2,1-2H3,(H,29,30)/t15-,23-,25+/m0/s1. The molecule has 3 atom stereocenters. The molecule has 2 N–H and O–H groups in total. The first kappa shape index (κ1) is 21.8. The number of ether oxygens (including phenoxy) is 2. The van der Waals surface area contributed by atoms with Gasteiger partial charge in [-0.05, 0) is 66.3 Å². The summed E-state index contributed by atoms with van der Waals surface area (Å²) in [5.41, 5.74) is 3.72. The van der Waals surface area contributed by atoms with Crippen molar-refractivity contribution in [1.29, 1.82) is 0 Å². The number of hydrogen-bond acceptors (Lipinski definition) is 4. The smallest absolute Gasteiger partial charge is 0.309 e. The van der Waals surface area contributed by atoms with Gasteiger partial charge in [0.1, 0.15) is 23.4 Å². The Kier molecular flexibility index (Phi) is 6.15. The minimum absolute atomic E-state index is 0.184. The number of carboxylic acids is 1. The third kappa shape index (κ3) is 4.32. The van der Waals surface area contributed by atoms with Crippen LogP contribution in [0.15, 0.2) is 60.7 Å². The lowest BCUT2D eigenvalue weighted by molar-refractivity contribution is -0.145. The Bertz CT molecular complexity index is 1130. The number of aliphatic hydroxyl groups is 1. The number of aliphatic hydroxyl groups excluding tert-OH is 1. The summed E-state index contributed by atoms with van der Waals surface area (Å²) in [5, 5.41) is 19.5. The van der Waals surface area contributed by atoms with E-state index >= 15 is 0 Å². The molecule has 4 rings (SSSR count). The lowest BCUT2D eigenvalue weighted by Crippen LogP contribution is -2.20. The summed E-state index contributed by atoms with van der Waals surface area (Å²) < 4.78 is 25.7. The fourth-order valence-electron chi connectivity index (χ4n) is 3.96. The zero-order valence-corrected chi connectivity index (χ0v) is 17.9. The van der Waals surface area contributed by atoms with Crippen LogP contribution in [-0.4, -0.2) is 23.3 Å². The highest BCUT2D eigenvalue weighted by molar-refractivity contribution is 5.70. The van der Waals surface area contributed by atoms with Gasteiger partial charge in [0.25, 0.3) is 0 Å². The van der Waals surface area contributed by atoms with Crippen molar-refractivity contribution in [2.75, 3.05) is 7.11 Å². The van der Waals surface area contributed by atoms with Crippen LogP contribution in [0.5, 0.6) is 11.5 Å². The van der Waals surface area contributed by atoms with Crippen LogP contribution in [0.2, 0.25) is 0 Å². The van der Waals surface area contributed by atoms with E-state index in [0.717, 1.165) is 29.5 Å². The first-order valence-electron chi connectivity index (χ1n) is 10.5. The van der Waals surface area contributed by atoms with Crippen molar-refractivity contribution in [2.45, 2.75) is 32.0 Å². The van der Waals surface area contributed by atoms with Crippen LogP contribution in [-0.2, 0) is 11.2 Å². The summed E-state index contributed by atoms with van der Waals surface area (Å²) in [4.78, 5) is 11.2. The number of carboxylic acid groups (broad SMARTS) is 1. The number of fused-ring (bicyclic) bond motifs is 1. The van der Waals surface area contributed by atoms with E-state index in [1.54, 1.807) is 31.4 Å². The molecule has 5 nitrogen and oxygen atoms in total. The van der Waals surface area contributed by atoms with E-state index in [9.17, 15) is 19.4 Å². The van der Waals surface area contributed by atoms with Crippen LogP contribution >= 0.6 is 0 Å². The molecule has 0 saturated carbocycles. The molecule has 3 aromatic rings. The predicted octanol–water partition coefficient (Wildman–Crippen LogP) is 5.32. The van der Waals surface area contributed by atoms with Crippen LogP contribution in [0, 0.1) is 11.7 Å². The number of halogens is 1. The van der Waals surface area contributed by atoms with Crippen LogP contribution in [0.25, 0.3) is 11.1 Å². The van der Waals surface area contributed by atoms with Gasteiger partial charge in [-0.2, -0.15) is 0 Å². The third-order valence-corrected chi connectivity index (χ3v) is 6.01. The number of methoxy groups -OCH3 is 1. The summed E-state index contributed by atoms with van der Waals surface area (Å²) in [6.07, 6.45) is 0.291. The van der Waals surface area contributed by atoms with E-state index < -0.39 is 18.0 Å². The Morgan fingerprint density at radius 3 is 2.56 bits per heavy atom. The normalized spacial score (nSPS) is 17.1. The van der Waals surface area contributed by atoms with Gasteiger partial charge in [0, 0.05) is 5.56 Å². The van der Waals surface area contributed by atoms with E-state index in [1.807, 2.05) is 30.3 Å². The number of aliphatic carboxylic acids is 1. The van der Waals surface area contributed by atoms with Crippen molar-refractivity contribution in [2.24, 2.45) is 5.92 Å². The van der Waals surface area contributed by atoms with Gasteiger partial charge >= 0.3 is 5.97 Å². The molecule has 0 amide bonds. The monoisotopic (exact) mass is 436 g/mol. The molecule has 0 spiro atoms. The highest BCUT2D eigenvalue weighted by Gasteiger charge is 2.26. The van der Waals surface area contributed by atoms with Gasteiger partial charge in [-0.25, -0.2) is 4.39 Å². The third-order valence-electron chi connectivity index (χ3n) is 6.01. The van der Waals surface area contributed by atoms with Gasteiger partial charge in [0.15, 0.2) is 0 Å². The minimum atomic E-state index is -1.11. The maximum atomic E-state index is 14.3. The molecule has 6 heteroatoms. The van der Waals surface area contributed by atoms with E-state index in [-0.39, 0.29) is 11.9 Å². The molecule has 0 radical (unpaired) electrons. The lowest BCUT2D eigenvalue weighted by atomic mass is 9.92. The summed E-state index contributed by atoms with van der Waals surface area (Å²) >= 11 is 0. The van der Waals surface area contributed by atoms with Crippen LogP contribution < -0.4 is 9.47 Å². The van der Waals surface area contributed by atoms with E-state index in [1.165, 1.54) is 13.0 Å². The van der Waals surface area contributed by atoms with Gasteiger partial charge in [0.2, 0.25) is 0 Å². The molecule has 0 saturated heterocycles. The minimum Gasteiger partial charge on any atom is -0.497 e. The van der Waals surface area contributed by atoms with Crippen LogP contribution in [0.3, 0.4) is 0 Å². The van der Waals surface area contributed by atoms with Crippen LogP contribution in [0.4, 0.5) is 4.39 Å². The van der Waals surface area contributed by atoms with Crippen molar-refractivity contribution in [3.05, 3.63) is 83.2 Å². The molecule has 0 bridgehead atoms. The van der Waals surface area contributed by atoms with E-state index in [2.05, 4.69) is 0 Å². The van der Waals surface area contributed by atoms with Gasteiger partial charge in [-0.1, -0.05) is 36.4 Å². The zero-order chi connectivity index (χ0) is 22.8. The van der Waals surface area contributed by atoms with Crippen molar-refractivity contribution < 1.29 is 28.9 Å². The fourth-order valence-corrected chi connectivity index (χ4v) is 3.96. The van der Waals surface area contributed by atoms with Crippen molar-refractivity contribution in [3.8, 4) is 22.6 Å². The molecular formula is C26H25FO5. The Morgan fingerprint density at radius 2 is 1.88 bits per heavy atom. The average Bonchev–Trinajstić information content (AvgIpc) is 2.82. The molecule has 3 aromatic carbocycles. The summed E-state index contributed by atoms with van der Waals surface area (Å²) in [5.74, 6) is -1.05. The summed E-state index contributed by atoms with van der Waals surface area (Å²) in [6.45, 7) is 1.48. The van der Waals surface area contributed by atoms with Gasteiger partial charge in [-0.15, -0.1) is 0 Å². The van der Waals surface area contributed by atoms with Crippen LogP contribution in [0.1, 0.15) is 42.2 Å². The molecular weight excluding hydrogens is 411 g/mol. The highest BCUT2D eigenvalue weighted by atomic mass is 19.1. The second-order valence-corrected chi connectivity index (χ2v) is 8.05. The molecule has 1 aliphatic rings. The molecule has 166 valence electrons. The molecule has 1 aliphatic heterocycles. The Hall–Kier alpha value is -3.38. The second-order valence-electron chi connectivity index (χ2n) is 8.05. The van der Waals surface area contributed by atoms with Gasteiger partial charge < -0.3 is 19.7 Å². The molecule has 1 heterocycles. The Morgan fingerprint density at radius 1 is 1.12 bits per heavy atom. The number of aryl methyl sites for hydroxylation is 1. The van der Waals surface area contributed by atoms with Crippen molar-refractivity contribution >= 4 is 5.97 Å². The highest BCUT2D eigenvalue weighted by Crippen LogP contribution is 2.38. The molecule has 0 aliphatic carbocycles. The number of carbonyl (C=O) groups is 1. The SMILES string of the molecule is COc1ccc(F)c(-c2ccc([C@@H]3CCc4ccc([C@H](O)[C@H](C)C(=O)O)cc4O3)cc2)c1. The Labute approximate surface area is 186 Å². The average molecular weight is 436 g/mol. The molecule has 0 fully saturated rings. The largest absolute Gasteiger partial charge is 0.497 e. The zero-order valence-electron chi connectivity index (χ0n) is 17.9. The topological polar surface area (TPSA) is 76.0 Å². The lowest BCUT2D eigenvalue weighted by Gasteiger charge is -2.28. The summed E-state index contributed by atoms with van der Waals surface area (Å²) in [7, 11) is 1.55. The van der Waals surface area contributed by atoms with Crippen molar-refractivity contribution in [1.82, 2.24) is 0 Å².